The molecule has 1 aromatic heterocycles. The van der Waals surface area contributed by atoms with E-state index in [0.717, 1.165) is 24.3 Å². The Balaban J connectivity index is 1.96. The summed E-state index contributed by atoms with van der Waals surface area (Å²) in [4.78, 5) is 4.69. The number of hydrogen-bond donors (Lipinski definition) is 1. The molecule has 1 heterocycles. The predicted octanol–water partition coefficient (Wildman–Crippen LogP) is 4.62. The van der Waals surface area contributed by atoms with E-state index in [2.05, 4.69) is 67.6 Å². The highest BCUT2D eigenvalue weighted by molar-refractivity contribution is 7.09. The van der Waals surface area contributed by atoms with Crippen LogP contribution in [0.5, 0.6) is 0 Å². The van der Waals surface area contributed by atoms with E-state index in [9.17, 15) is 0 Å². The number of thiazole rings is 1. The van der Waals surface area contributed by atoms with Crippen LogP contribution in [-0.2, 0) is 18.4 Å². The van der Waals surface area contributed by atoms with E-state index in [-0.39, 0.29) is 5.41 Å². The minimum atomic E-state index is 0.145. The Hall–Kier alpha value is -1.35. The first-order chi connectivity index (χ1) is 8.99. The zero-order valence-electron chi connectivity index (χ0n) is 12.2. The lowest BCUT2D eigenvalue weighted by Gasteiger charge is -2.13. The van der Waals surface area contributed by atoms with Crippen LogP contribution in [0.3, 0.4) is 0 Å². The van der Waals surface area contributed by atoms with Gasteiger partial charge in [0.15, 0.2) is 0 Å². The Morgan fingerprint density at radius 1 is 1.16 bits per heavy atom. The van der Waals surface area contributed by atoms with E-state index in [1.165, 1.54) is 10.6 Å². The first-order valence-electron chi connectivity index (χ1n) is 6.76. The summed E-state index contributed by atoms with van der Waals surface area (Å²) in [5.41, 5.74) is 3.79. The van der Waals surface area contributed by atoms with Crippen molar-refractivity contribution >= 4 is 17.0 Å². The maximum absolute atomic E-state index is 4.69. The first kappa shape index (κ1) is 14.1. The van der Waals surface area contributed by atoms with Gasteiger partial charge in [-0.1, -0.05) is 39.8 Å². The lowest BCUT2D eigenvalue weighted by atomic mass is 9.98. The number of nitrogens with zero attached hydrogens (tertiary/aromatic N) is 1. The summed E-state index contributed by atoms with van der Waals surface area (Å²) in [5, 5.41) is 6.77. The fraction of sp³-hybridized carbons (Fsp3) is 0.438. The second-order valence-corrected chi connectivity index (χ2v) is 6.66. The molecule has 2 nitrogen and oxygen atoms in total. The summed E-state index contributed by atoms with van der Waals surface area (Å²) in [6.07, 6.45) is 1.08. The van der Waals surface area contributed by atoms with Gasteiger partial charge in [-0.3, -0.25) is 0 Å². The van der Waals surface area contributed by atoms with Gasteiger partial charge in [-0.15, -0.1) is 11.3 Å². The van der Waals surface area contributed by atoms with Gasteiger partial charge in [-0.25, -0.2) is 4.98 Å². The van der Waals surface area contributed by atoms with Crippen LogP contribution in [0.15, 0.2) is 29.6 Å². The largest absolute Gasteiger partial charge is 0.379 e. The van der Waals surface area contributed by atoms with E-state index < -0.39 is 0 Å². The maximum Gasteiger partial charge on any atom is 0.0982 e. The number of anilines is 1. The average Bonchev–Trinajstić information content (AvgIpc) is 2.86. The molecule has 0 saturated carbocycles. The molecule has 1 N–H and O–H groups in total. The molecule has 2 rings (SSSR count). The first-order valence-corrected chi connectivity index (χ1v) is 7.64. The second kappa shape index (κ2) is 5.74. The van der Waals surface area contributed by atoms with Crippen molar-refractivity contribution in [1.29, 1.82) is 0 Å². The van der Waals surface area contributed by atoms with Gasteiger partial charge in [0.25, 0.3) is 0 Å². The summed E-state index contributed by atoms with van der Waals surface area (Å²) in [6, 6.07) is 8.61. The number of rotatable bonds is 4. The van der Waals surface area contributed by atoms with Crippen molar-refractivity contribution in [3.63, 3.8) is 0 Å². The van der Waals surface area contributed by atoms with Crippen LogP contribution in [-0.4, -0.2) is 4.98 Å². The van der Waals surface area contributed by atoms with Gasteiger partial charge >= 0.3 is 0 Å². The third-order valence-electron chi connectivity index (χ3n) is 3.03. The summed E-state index contributed by atoms with van der Waals surface area (Å²) in [6.45, 7) is 9.56. The maximum atomic E-state index is 4.69. The van der Waals surface area contributed by atoms with E-state index in [1.54, 1.807) is 11.3 Å². The van der Waals surface area contributed by atoms with Crippen LogP contribution in [0.1, 0.15) is 44.0 Å². The standard InChI is InChI=1S/C16H22N2S/c1-5-12-6-8-13(9-7-12)17-10-14-11-19-15(18-14)16(2,3)4/h6-9,11,17H,5,10H2,1-4H3. The summed E-state index contributed by atoms with van der Waals surface area (Å²) in [7, 11) is 0. The Morgan fingerprint density at radius 2 is 1.84 bits per heavy atom. The van der Waals surface area contributed by atoms with Crippen molar-refractivity contribution < 1.29 is 0 Å². The molecule has 0 radical (unpaired) electrons. The quantitative estimate of drug-likeness (QED) is 0.880. The molecule has 0 bridgehead atoms. The topological polar surface area (TPSA) is 24.9 Å². The van der Waals surface area contributed by atoms with Crippen LogP contribution in [0, 0.1) is 0 Å². The highest BCUT2D eigenvalue weighted by atomic mass is 32.1. The Labute approximate surface area is 119 Å². The van der Waals surface area contributed by atoms with Crippen molar-refractivity contribution in [1.82, 2.24) is 4.98 Å². The van der Waals surface area contributed by atoms with Gasteiger partial charge in [-0.05, 0) is 24.1 Å². The van der Waals surface area contributed by atoms with Gasteiger partial charge in [0.2, 0.25) is 0 Å². The Morgan fingerprint density at radius 3 is 2.37 bits per heavy atom. The third kappa shape index (κ3) is 3.80. The molecule has 0 unspecified atom stereocenters. The van der Waals surface area contributed by atoms with E-state index in [0.29, 0.717) is 0 Å². The van der Waals surface area contributed by atoms with Gasteiger partial charge in [0.05, 0.1) is 17.2 Å². The molecule has 0 fully saturated rings. The van der Waals surface area contributed by atoms with Gasteiger partial charge in [0, 0.05) is 16.5 Å². The Kier molecular flexibility index (Phi) is 4.25. The lowest BCUT2D eigenvalue weighted by Crippen LogP contribution is -2.11. The van der Waals surface area contributed by atoms with Gasteiger partial charge < -0.3 is 5.32 Å². The summed E-state index contributed by atoms with van der Waals surface area (Å²) < 4.78 is 0. The monoisotopic (exact) mass is 274 g/mol. The molecular weight excluding hydrogens is 252 g/mol. The molecule has 0 spiro atoms. The van der Waals surface area contributed by atoms with Crippen LogP contribution < -0.4 is 5.32 Å². The highest BCUT2D eigenvalue weighted by Crippen LogP contribution is 2.25. The van der Waals surface area contributed by atoms with Crippen molar-refractivity contribution in [2.45, 2.75) is 46.1 Å². The summed E-state index contributed by atoms with van der Waals surface area (Å²) >= 11 is 1.75. The minimum absolute atomic E-state index is 0.145. The molecule has 3 heteroatoms. The van der Waals surface area contributed by atoms with Crippen molar-refractivity contribution in [3.8, 4) is 0 Å². The van der Waals surface area contributed by atoms with Crippen molar-refractivity contribution in [2.75, 3.05) is 5.32 Å². The number of benzene rings is 1. The van der Waals surface area contributed by atoms with E-state index in [4.69, 9.17) is 0 Å². The average molecular weight is 274 g/mol. The molecule has 0 saturated heterocycles. The molecule has 0 amide bonds. The van der Waals surface area contributed by atoms with Gasteiger partial charge in [-0.2, -0.15) is 0 Å². The SMILES string of the molecule is CCc1ccc(NCc2csc(C(C)(C)C)n2)cc1. The zero-order chi connectivity index (χ0) is 13.9. The fourth-order valence-electron chi connectivity index (χ4n) is 1.78. The predicted molar refractivity (Wildman–Crippen MR) is 84.0 cm³/mol. The fourth-order valence-corrected chi connectivity index (χ4v) is 2.69. The molecule has 2 aromatic rings. The molecule has 19 heavy (non-hydrogen) atoms. The van der Waals surface area contributed by atoms with Crippen molar-refractivity contribution in [3.05, 3.63) is 45.9 Å². The third-order valence-corrected chi connectivity index (χ3v) is 4.35. The van der Waals surface area contributed by atoms with Crippen LogP contribution >= 0.6 is 11.3 Å². The number of hydrogen-bond acceptors (Lipinski definition) is 3. The van der Waals surface area contributed by atoms with Crippen LogP contribution in [0.25, 0.3) is 0 Å². The van der Waals surface area contributed by atoms with Crippen LogP contribution in [0.2, 0.25) is 0 Å². The molecule has 0 aliphatic rings. The normalized spacial score (nSPS) is 11.6. The molecule has 0 atom stereocenters. The van der Waals surface area contributed by atoms with Gasteiger partial charge in [0.1, 0.15) is 0 Å². The van der Waals surface area contributed by atoms with E-state index in [1.807, 2.05) is 0 Å². The molecular formula is C16H22N2S. The van der Waals surface area contributed by atoms with Crippen LogP contribution in [0.4, 0.5) is 5.69 Å². The second-order valence-electron chi connectivity index (χ2n) is 5.80. The molecule has 1 aromatic carbocycles. The minimum Gasteiger partial charge on any atom is -0.379 e. The molecule has 102 valence electrons. The lowest BCUT2D eigenvalue weighted by molar-refractivity contribution is 0.583. The summed E-state index contributed by atoms with van der Waals surface area (Å²) in [5.74, 6) is 0. The smallest absolute Gasteiger partial charge is 0.0982 e. The molecule has 0 aliphatic heterocycles. The Bertz CT molecular complexity index is 520. The van der Waals surface area contributed by atoms with E-state index >= 15 is 0 Å². The number of aromatic nitrogens is 1. The molecule has 0 aliphatic carbocycles. The zero-order valence-corrected chi connectivity index (χ0v) is 13.0. The number of aryl methyl sites for hydroxylation is 1. The highest BCUT2D eigenvalue weighted by Gasteiger charge is 2.17. The van der Waals surface area contributed by atoms with Crippen molar-refractivity contribution in [2.24, 2.45) is 0 Å². The number of nitrogens with one attached hydrogen (secondary N) is 1.